The molecule has 0 aromatic carbocycles. The first-order valence-electron chi connectivity index (χ1n) is 7.29. The molecule has 1 aliphatic rings. The standard InChI is InChI=1S/C15H19N3O2S/c1-9-10(2)21-14-12(9)13(16-8-17-14)18-7-5-3-4-6-11(18)15(19)20/h8,11H,3-7H2,1-2H3,(H,19,20). The zero-order valence-electron chi connectivity index (χ0n) is 12.3. The summed E-state index contributed by atoms with van der Waals surface area (Å²) in [6.45, 7) is 4.88. The van der Waals surface area contributed by atoms with Crippen LogP contribution in [0.2, 0.25) is 0 Å². The van der Waals surface area contributed by atoms with Crippen LogP contribution in [0, 0.1) is 13.8 Å². The minimum absolute atomic E-state index is 0.481. The topological polar surface area (TPSA) is 66.3 Å². The van der Waals surface area contributed by atoms with Crippen LogP contribution < -0.4 is 4.90 Å². The number of nitrogens with zero attached hydrogens (tertiary/aromatic N) is 3. The maximum absolute atomic E-state index is 11.6. The largest absolute Gasteiger partial charge is 0.480 e. The van der Waals surface area contributed by atoms with Crippen LogP contribution in [-0.2, 0) is 4.79 Å². The second-order valence-corrected chi connectivity index (χ2v) is 6.76. The van der Waals surface area contributed by atoms with Crippen molar-refractivity contribution in [1.82, 2.24) is 9.97 Å². The summed E-state index contributed by atoms with van der Waals surface area (Å²) < 4.78 is 0. The Hall–Kier alpha value is -1.69. The summed E-state index contributed by atoms with van der Waals surface area (Å²) in [7, 11) is 0. The van der Waals surface area contributed by atoms with E-state index in [1.165, 1.54) is 10.4 Å². The molecule has 0 bridgehead atoms. The minimum atomic E-state index is -0.756. The van der Waals surface area contributed by atoms with E-state index in [0.29, 0.717) is 6.42 Å². The number of carboxylic acids is 1. The van der Waals surface area contributed by atoms with Crippen LogP contribution >= 0.6 is 11.3 Å². The Balaban J connectivity index is 2.15. The zero-order chi connectivity index (χ0) is 15.0. The maximum Gasteiger partial charge on any atom is 0.326 e. The smallest absolute Gasteiger partial charge is 0.326 e. The van der Waals surface area contributed by atoms with Gasteiger partial charge in [0.1, 0.15) is 23.0 Å². The highest BCUT2D eigenvalue weighted by atomic mass is 32.1. The Kier molecular flexibility index (Phi) is 3.80. The molecule has 1 fully saturated rings. The first kappa shape index (κ1) is 14.3. The molecule has 2 aromatic rings. The number of carboxylic acid groups (broad SMARTS) is 1. The van der Waals surface area contributed by atoms with Gasteiger partial charge in [0.15, 0.2) is 0 Å². The van der Waals surface area contributed by atoms with Gasteiger partial charge in [-0.1, -0.05) is 12.8 Å². The Labute approximate surface area is 127 Å². The fourth-order valence-corrected chi connectivity index (χ4v) is 3.99. The Bertz CT molecular complexity index is 683. The molecule has 1 N–H and O–H groups in total. The van der Waals surface area contributed by atoms with Crippen LogP contribution in [0.25, 0.3) is 10.2 Å². The van der Waals surface area contributed by atoms with Crippen LogP contribution in [0.5, 0.6) is 0 Å². The molecule has 5 nitrogen and oxygen atoms in total. The summed E-state index contributed by atoms with van der Waals surface area (Å²) in [5, 5.41) is 10.6. The lowest BCUT2D eigenvalue weighted by Crippen LogP contribution is -2.41. The summed E-state index contributed by atoms with van der Waals surface area (Å²) in [4.78, 5) is 24.6. The number of aryl methyl sites for hydroxylation is 2. The number of aliphatic carboxylic acids is 1. The maximum atomic E-state index is 11.6. The van der Waals surface area contributed by atoms with E-state index in [9.17, 15) is 9.90 Å². The van der Waals surface area contributed by atoms with Crippen molar-refractivity contribution in [2.45, 2.75) is 45.6 Å². The molecule has 0 saturated carbocycles. The van der Waals surface area contributed by atoms with Crippen molar-refractivity contribution in [3.05, 3.63) is 16.8 Å². The highest BCUT2D eigenvalue weighted by Gasteiger charge is 2.30. The monoisotopic (exact) mass is 305 g/mol. The number of hydrogen-bond donors (Lipinski definition) is 1. The van der Waals surface area contributed by atoms with Crippen LogP contribution in [0.3, 0.4) is 0 Å². The molecule has 1 unspecified atom stereocenters. The summed E-state index contributed by atoms with van der Waals surface area (Å²) in [5.41, 5.74) is 1.17. The molecule has 1 aliphatic heterocycles. The summed E-state index contributed by atoms with van der Waals surface area (Å²) in [6, 6.07) is -0.481. The van der Waals surface area contributed by atoms with Gasteiger partial charge in [-0.3, -0.25) is 0 Å². The number of rotatable bonds is 2. The molecule has 0 amide bonds. The molecule has 0 aliphatic carbocycles. The van der Waals surface area contributed by atoms with Crippen molar-refractivity contribution in [1.29, 1.82) is 0 Å². The highest BCUT2D eigenvalue weighted by Crippen LogP contribution is 2.36. The number of thiophene rings is 1. The van der Waals surface area contributed by atoms with E-state index in [4.69, 9.17) is 0 Å². The van der Waals surface area contributed by atoms with Gasteiger partial charge >= 0.3 is 5.97 Å². The van der Waals surface area contributed by atoms with E-state index in [1.807, 2.05) is 4.90 Å². The third-order valence-corrected chi connectivity index (χ3v) is 5.37. The number of aromatic nitrogens is 2. The molecule has 2 aromatic heterocycles. The summed E-state index contributed by atoms with van der Waals surface area (Å²) in [6.07, 6.45) is 5.29. The van der Waals surface area contributed by atoms with Crippen LogP contribution in [0.1, 0.15) is 36.1 Å². The van der Waals surface area contributed by atoms with Crippen LogP contribution in [0.15, 0.2) is 6.33 Å². The van der Waals surface area contributed by atoms with Gasteiger partial charge in [-0.2, -0.15) is 0 Å². The quantitative estimate of drug-likeness (QED) is 0.923. The predicted molar refractivity (Wildman–Crippen MR) is 84.1 cm³/mol. The molecule has 1 atom stereocenters. The summed E-state index contributed by atoms with van der Waals surface area (Å²) >= 11 is 1.65. The Morgan fingerprint density at radius 3 is 2.90 bits per heavy atom. The van der Waals surface area contributed by atoms with Crippen molar-refractivity contribution in [3.63, 3.8) is 0 Å². The SMILES string of the molecule is Cc1sc2ncnc(N3CCCCCC3C(=O)O)c2c1C. The molecule has 0 radical (unpaired) electrons. The fourth-order valence-electron chi connectivity index (χ4n) is 3.00. The molecular formula is C15H19N3O2S. The first-order valence-corrected chi connectivity index (χ1v) is 8.11. The first-order chi connectivity index (χ1) is 10.1. The number of fused-ring (bicyclic) bond motifs is 1. The average molecular weight is 305 g/mol. The van der Waals surface area contributed by atoms with E-state index in [1.54, 1.807) is 17.7 Å². The van der Waals surface area contributed by atoms with Crippen molar-refractivity contribution in [3.8, 4) is 0 Å². The van der Waals surface area contributed by atoms with E-state index >= 15 is 0 Å². The molecule has 6 heteroatoms. The van der Waals surface area contributed by atoms with Gasteiger partial charge in [0.2, 0.25) is 0 Å². The molecule has 112 valence electrons. The molecular weight excluding hydrogens is 286 g/mol. The zero-order valence-corrected chi connectivity index (χ0v) is 13.1. The van der Waals surface area contributed by atoms with Gasteiger partial charge in [-0.05, 0) is 32.3 Å². The third-order valence-electron chi connectivity index (χ3n) is 4.26. The van der Waals surface area contributed by atoms with E-state index in [0.717, 1.165) is 41.8 Å². The van der Waals surface area contributed by atoms with Crippen LogP contribution in [0.4, 0.5) is 5.82 Å². The molecule has 0 spiro atoms. The van der Waals surface area contributed by atoms with Gasteiger partial charge in [0, 0.05) is 11.4 Å². The molecule has 1 saturated heterocycles. The highest BCUT2D eigenvalue weighted by molar-refractivity contribution is 7.18. The number of carbonyl (C=O) groups is 1. The van der Waals surface area contributed by atoms with Gasteiger partial charge < -0.3 is 10.0 Å². The number of anilines is 1. The van der Waals surface area contributed by atoms with Crippen molar-refractivity contribution >= 4 is 33.3 Å². The molecule has 3 heterocycles. The Morgan fingerprint density at radius 1 is 1.33 bits per heavy atom. The normalized spacial score (nSPS) is 19.7. The van der Waals surface area contributed by atoms with Gasteiger partial charge in [0.25, 0.3) is 0 Å². The molecule has 21 heavy (non-hydrogen) atoms. The lowest BCUT2D eigenvalue weighted by atomic mass is 10.1. The van der Waals surface area contributed by atoms with Gasteiger partial charge in [-0.25, -0.2) is 14.8 Å². The molecule has 3 rings (SSSR count). The van der Waals surface area contributed by atoms with Crippen molar-refractivity contribution < 1.29 is 9.90 Å². The minimum Gasteiger partial charge on any atom is -0.480 e. The van der Waals surface area contributed by atoms with Gasteiger partial charge in [-0.15, -0.1) is 11.3 Å². The van der Waals surface area contributed by atoms with Crippen molar-refractivity contribution in [2.24, 2.45) is 0 Å². The van der Waals surface area contributed by atoms with Crippen LogP contribution in [-0.4, -0.2) is 33.6 Å². The summed E-state index contributed by atoms with van der Waals surface area (Å²) in [5.74, 6) is 0.0319. The predicted octanol–water partition coefficient (Wildman–Crippen LogP) is 3.14. The van der Waals surface area contributed by atoms with E-state index < -0.39 is 12.0 Å². The third kappa shape index (κ3) is 2.48. The second-order valence-electron chi connectivity index (χ2n) is 5.56. The average Bonchev–Trinajstić information content (AvgIpc) is 2.67. The fraction of sp³-hybridized carbons (Fsp3) is 0.533. The van der Waals surface area contributed by atoms with Gasteiger partial charge in [0.05, 0.1) is 5.39 Å². The Morgan fingerprint density at radius 2 is 2.14 bits per heavy atom. The van der Waals surface area contributed by atoms with E-state index in [2.05, 4.69) is 23.8 Å². The number of hydrogen-bond acceptors (Lipinski definition) is 5. The lowest BCUT2D eigenvalue weighted by Gasteiger charge is -2.28. The lowest BCUT2D eigenvalue weighted by molar-refractivity contribution is -0.138. The van der Waals surface area contributed by atoms with Crippen molar-refractivity contribution in [2.75, 3.05) is 11.4 Å². The second kappa shape index (κ2) is 5.60. The van der Waals surface area contributed by atoms with E-state index in [-0.39, 0.29) is 0 Å².